The molecule has 0 unspecified atom stereocenters. The van der Waals surface area contributed by atoms with Crippen molar-refractivity contribution in [3.8, 4) is 11.3 Å². The molecule has 1 saturated heterocycles. The fraction of sp³-hybridized carbons (Fsp3) is 0.346. The van der Waals surface area contributed by atoms with E-state index in [1.165, 1.54) is 5.56 Å². The zero-order valence-corrected chi connectivity index (χ0v) is 18.6. The monoisotopic (exact) mass is 429 g/mol. The molecule has 1 amide bonds. The molecule has 1 aliphatic rings. The van der Waals surface area contributed by atoms with Crippen molar-refractivity contribution >= 4 is 17.5 Å². The minimum absolute atomic E-state index is 0.0252. The second kappa shape index (κ2) is 10.9. The van der Waals surface area contributed by atoms with Gasteiger partial charge in [0.05, 0.1) is 5.69 Å². The third kappa shape index (κ3) is 6.14. The average molecular weight is 430 g/mol. The lowest BCUT2D eigenvalue weighted by molar-refractivity contribution is -0.114. The van der Waals surface area contributed by atoms with Gasteiger partial charge in [0.1, 0.15) is 0 Å². The van der Waals surface area contributed by atoms with E-state index in [4.69, 9.17) is 0 Å². The first-order valence-electron chi connectivity index (χ1n) is 11.4. The fourth-order valence-electron chi connectivity index (χ4n) is 4.28. The van der Waals surface area contributed by atoms with Crippen molar-refractivity contribution in [2.24, 2.45) is 0 Å². The molecule has 0 bridgehead atoms. The Morgan fingerprint density at radius 3 is 2.66 bits per heavy atom. The predicted octanol–water partition coefficient (Wildman–Crippen LogP) is 4.78. The molecule has 1 aliphatic heterocycles. The highest BCUT2D eigenvalue weighted by atomic mass is 16.1. The first kappa shape index (κ1) is 22.0. The molecule has 0 atom stereocenters. The number of rotatable bonds is 8. The summed E-state index contributed by atoms with van der Waals surface area (Å²) in [5.74, 6) is 1.22. The van der Waals surface area contributed by atoms with Crippen LogP contribution in [0.25, 0.3) is 11.3 Å². The van der Waals surface area contributed by atoms with Crippen LogP contribution in [0.5, 0.6) is 0 Å². The highest BCUT2D eigenvalue weighted by Gasteiger charge is 2.20. The number of benzene rings is 2. The summed E-state index contributed by atoms with van der Waals surface area (Å²) in [7, 11) is 0. The Bertz CT molecular complexity index is 1020. The molecule has 0 spiro atoms. The number of hydrogen-bond donors (Lipinski definition) is 2. The number of likely N-dealkylation sites (tertiary alicyclic amines) is 1. The van der Waals surface area contributed by atoms with Crippen LogP contribution < -0.4 is 10.6 Å². The number of hydrogen-bond acceptors (Lipinski definition) is 5. The smallest absolute Gasteiger partial charge is 0.223 e. The summed E-state index contributed by atoms with van der Waals surface area (Å²) in [5, 5.41) is 6.25. The summed E-state index contributed by atoms with van der Waals surface area (Å²) < 4.78 is 0. The summed E-state index contributed by atoms with van der Waals surface area (Å²) in [6, 6.07) is 20.4. The van der Waals surface area contributed by atoms with Crippen LogP contribution in [0.1, 0.15) is 37.7 Å². The van der Waals surface area contributed by atoms with Crippen molar-refractivity contribution in [2.75, 3.05) is 36.8 Å². The molecule has 0 aliphatic carbocycles. The third-order valence-electron chi connectivity index (χ3n) is 5.93. The van der Waals surface area contributed by atoms with E-state index in [1.54, 1.807) is 6.92 Å². The number of aromatic nitrogens is 2. The van der Waals surface area contributed by atoms with E-state index in [-0.39, 0.29) is 5.91 Å². The summed E-state index contributed by atoms with van der Waals surface area (Å²) in [6.07, 6.45) is 5.17. The van der Waals surface area contributed by atoms with Gasteiger partial charge in [0, 0.05) is 30.9 Å². The quantitative estimate of drug-likeness (QED) is 0.504. The van der Waals surface area contributed by atoms with Crippen LogP contribution in [-0.2, 0) is 4.79 Å². The Morgan fingerprint density at radius 2 is 1.88 bits per heavy atom. The van der Waals surface area contributed by atoms with Gasteiger partial charge in [-0.15, -0.1) is 0 Å². The second-order valence-electron chi connectivity index (χ2n) is 8.33. The summed E-state index contributed by atoms with van der Waals surface area (Å²) in [5.41, 5.74) is 4.26. The molecule has 4 rings (SSSR count). The number of nitrogens with zero attached hydrogens (tertiary/aromatic N) is 3. The molecular weight excluding hydrogens is 398 g/mol. The van der Waals surface area contributed by atoms with Gasteiger partial charge in [0.15, 0.2) is 0 Å². The van der Waals surface area contributed by atoms with Crippen LogP contribution in [-0.4, -0.2) is 47.0 Å². The van der Waals surface area contributed by atoms with Gasteiger partial charge in [-0.3, -0.25) is 4.79 Å². The number of anilines is 2. The summed E-state index contributed by atoms with van der Waals surface area (Å²) in [6.45, 7) is 5.69. The maximum atomic E-state index is 11.3. The molecule has 1 fully saturated rings. The molecule has 166 valence electrons. The number of amides is 1. The second-order valence-corrected chi connectivity index (χ2v) is 8.33. The van der Waals surface area contributed by atoms with Gasteiger partial charge < -0.3 is 15.5 Å². The van der Waals surface area contributed by atoms with Gasteiger partial charge in [-0.2, -0.15) is 0 Å². The lowest BCUT2D eigenvalue weighted by atomic mass is 9.89. The molecule has 1 aromatic heterocycles. The van der Waals surface area contributed by atoms with Gasteiger partial charge >= 0.3 is 0 Å². The normalized spacial score (nSPS) is 14.8. The van der Waals surface area contributed by atoms with E-state index < -0.39 is 0 Å². The number of nitrogens with one attached hydrogen (secondary N) is 2. The topological polar surface area (TPSA) is 70.2 Å². The lowest BCUT2D eigenvalue weighted by Crippen LogP contribution is -2.34. The molecule has 2 heterocycles. The van der Waals surface area contributed by atoms with Gasteiger partial charge in [0.2, 0.25) is 11.9 Å². The first-order chi connectivity index (χ1) is 15.7. The summed E-state index contributed by atoms with van der Waals surface area (Å²) in [4.78, 5) is 22.8. The lowest BCUT2D eigenvalue weighted by Gasteiger charge is -2.32. The van der Waals surface area contributed by atoms with Gasteiger partial charge in [-0.25, -0.2) is 9.97 Å². The molecule has 0 saturated carbocycles. The van der Waals surface area contributed by atoms with Crippen LogP contribution in [0, 0.1) is 0 Å². The Kier molecular flexibility index (Phi) is 7.46. The largest absolute Gasteiger partial charge is 0.354 e. The number of piperidine rings is 1. The highest BCUT2D eigenvalue weighted by molar-refractivity contribution is 5.88. The third-order valence-corrected chi connectivity index (χ3v) is 5.93. The van der Waals surface area contributed by atoms with Gasteiger partial charge in [-0.1, -0.05) is 42.5 Å². The first-order valence-corrected chi connectivity index (χ1v) is 11.4. The van der Waals surface area contributed by atoms with E-state index >= 15 is 0 Å². The average Bonchev–Trinajstić information content (AvgIpc) is 2.83. The zero-order valence-electron chi connectivity index (χ0n) is 18.6. The van der Waals surface area contributed by atoms with Crippen molar-refractivity contribution in [1.82, 2.24) is 14.9 Å². The van der Waals surface area contributed by atoms with E-state index in [2.05, 4.69) is 49.8 Å². The molecular formula is C26H31N5O. The Balaban J connectivity index is 1.20. The number of carbonyl (C=O) groups is 1. The van der Waals surface area contributed by atoms with Crippen molar-refractivity contribution < 1.29 is 4.79 Å². The maximum Gasteiger partial charge on any atom is 0.223 e. The fourth-order valence-corrected chi connectivity index (χ4v) is 4.28. The summed E-state index contributed by atoms with van der Waals surface area (Å²) >= 11 is 0. The van der Waals surface area contributed by atoms with E-state index in [1.807, 2.05) is 42.6 Å². The molecule has 6 nitrogen and oxygen atoms in total. The Morgan fingerprint density at radius 1 is 1.06 bits per heavy atom. The molecule has 6 heteroatoms. The molecule has 2 aromatic carbocycles. The van der Waals surface area contributed by atoms with Gasteiger partial charge in [0.25, 0.3) is 0 Å². The Hall–Kier alpha value is -3.25. The van der Waals surface area contributed by atoms with E-state index in [0.29, 0.717) is 11.9 Å². The molecule has 2 N–H and O–H groups in total. The standard InChI is InChI=1S/C26H31N5O/c1-20(32)29-24-10-5-9-23(19-24)21-12-17-31(18-13-21)16-6-14-27-26-28-15-11-25(30-26)22-7-3-2-4-8-22/h2-5,7-11,15,19,21H,6,12-14,16-18H2,1H3,(H,29,32)(H,27,28,30). The highest BCUT2D eigenvalue weighted by Crippen LogP contribution is 2.29. The van der Waals surface area contributed by atoms with Crippen molar-refractivity contribution in [3.63, 3.8) is 0 Å². The van der Waals surface area contributed by atoms with E-state index in [0.717, 1.165) is 62.4 Å². The molecule has 0 radical (unpaired) electrons. The Labute approximate surface area is 190 Å². The van der Waals surface area contributed by atoms with Crippen molar-refractivity contribution in [2.45, 2.75) is 32.1 Å². The van der Waals surface area contributed by atoms with Crippen LogP contribution in [0.4, 0.5) is 11.6 Å². The minimum Gasteiger partial charge on any atom is -0.354 e. The van der Waals surface area contributed by atoms with Crippen LogP contribution in [0.2, 0.25) is 0 Å². The van der Waals surface area contributed by atoms with Crippen LogP contribution in [0.3, 0.4) is 0 Å². The molecule has 3 aromatic rings. The van der Waals surface area contributed by atoms with Crippen LogP contribution >= 0.6 is 0 Å². The number of carbonyl (C=O) groups excluding carboxylic acids is 1. The van der Waals surface area contributed by atoms with Gasteiger partial charge in [-0.05, 0) is 68.6 Å². The zero-order chi connectivity index (χ0) is 22.2. The van der Waals surface area contributed by atoms with Crippen LogP contribution in [0.15, 0.2) is 66.9 Å². The predicted molar refractivity (Wildman–Crippen MR) is 130 cm³/mol. The minimum atomic E-state index is -0.0252. The SMILES string of the molecule is CC(=O)Nc1cccc(C2CCN(CCCNc3nccc(-c4ccccc4)n3)CC2)c1. The van der Waals surface area contributed by atoms with E-state index in [9.17, 15) is 4.79 Å². The maximum absolute atomic E-state index is 11.3. The van der Waals surface area contributed by atoms with Crippen molar-refractivity contribution in [3.05, 3.63) is 72.4 Å². The van der Waals surface area contributed by atoms with Crippen molar-refractivity contribution in [1.29, 1.82) is 0 Å². The molecule has 32 heavy (non-hydrogen) atoms.